The number of nitrogens with one attached hydrogen (secondary N) is 1. The highest BCUT2D eigenvalue weighted by atomic mass is 32.2. The molecule has 1 N–H and O–H groups in total. The lowest BCUT2D eigenvalue weighted by Gasteiger charge is -2.30. The van der Waals surface area contributed by atoms with E-state index in [0.717, 1.165) is 23.4 Å². The lowest BCUT2D eigenvalue weighted by Crippen LogP contribution is -2.38. The molecule has 2 aromatic rings. The van der Waals surface area contributed by atoms with Crippen LogP contribution in [-0.2, 0) is 20.0 Å². The van der Waals surface area contributed by atoms with Crippen molar-refractivity contribution in [3.8, 4) is 0 Å². The molecular weight excluding hydrogens is 482 g/mol. The van der Waals surface area contributed by atoms with Crippen molar-refractivity contribution >= 4 is 49.1 Å². The highest BCUT2D eigenvalue weighted by molar-refractivity contribution is 7.98. The summed E-state index contributed by atoms with van der Waals surface area (Å²) in [6, 6.07) is 10.6. The molecule has 11 heteroatoms. The summed E-state index contributed by atoms with van der Waals surface area (Å²) in [6.07, 6.45) is 4.77. The van der Waals surface area contributed by atoms with Crippen molar-refractivity contribution in [2.45, 2.75) is 29.6 Å². The third-order valence-corrected chi connectivity index (χ3v) is 9.12. The van der Waals surface area contributed by atoms with Gasteiger partial charge in [-0.1, -0.05) is 13.0 Å². The van der Waals surface area contributed by atoms with E-state index in [0.29, 0.717) is 35.2 Å². The number of hydrogen-bond acceptors (Lipinski definition) is 6. The predicted molar refractivity (Wildman–Crippen MR) is 133 cm³/mol. The van der Waals surface area contributed by atoms with Gasteiger partial charge in [-0.2, -0.15) is 0 Å². The van der Waals surface area contributed by atoms with Crippen molar-refractivity contribution < 1.29 is 21.6 Å². The Morgan fingerprint density at radius 1 is 1.09 bits per heavy atom. The number of thioether (sulfide) groups is 1. The van der Waals surface area contributed by atoms with Gasteiger partial charge in [-0.25, -0.2) is 16.8 Å². The Labute approximate surface area is 200 Å². The van der Waals surface area contributed by atoms with Crippen LogP contribution in [0.5, 0.6) is 0 Å². The summed E-state index contributed by atoms with van der Waals surface area (Å²) in [5.41, 5.74) is 0.908. The van der Waals surface area contributed by atoms with Gasteiger partial charge >= 0.3 is 0 Å². The summed E-state index contributed by atoms with van der Waals surface area (Å²) in [7, 11) is -6.11. The number of rotatable bonds is 7. The van der Waals surface area contributed by atoms with Gasteiger partial charge in [0.15, 0.2) is 0 Å². The summed E-state index contributed by atoms with van der Waals surface area (Å²) in [5, 5.41) is 0. The van der Waals surface area contributed by atoms with Gasteiger partial charge in [0.2, 0.25) is 10.0 Å². The van der Waals surface area contributed by atoms with Crippen LogP contribution in [-0.4, -0.2) is 60.3 Å². The smallest absolute Gasteiger partial charge is 0.261 e. The van der Waals surface area contributed by atoms with Crippen LogP contribution in [0.25, 0.3) is 0 Å². The third kappa shape index (κ3) is 6.01. The first-order valence-corrected chi connectivity index (χ1v) is 15.0. The predicted octanol–water partition coefficient (Wildman–Crippen LogP) is 3.48. The van der Waals surface area contributed by atoms with Crippen molar-refractivity contribution in [2.75, 3.05) is 41.7 Å². The number of nitrogens with zero attached hydrogens (tertiary/aromatic N) is 2. The van der Waals surface area contributed by atoms with E-state index in [1.807, 2.05) is 6.26 Å². The first-order chi connectivity index (χ1) is 15.4. The van der Waals surface area contributed by atoms with Crippen molar-refractivity contribution in [3.05, 3.63) is 48.0 Å². The van der Waals surface area contributed by atoms with Crippen LogP contribution in [0.3, 0.4) is 0 Å². The molecule has 1 heterocycles. The quantitative estimate of drug-likeness (QED) is 0.571. The molecule has 1 aliphatic heterocycles. The maximum Gasteiger partial charge on any atom is 0.261 e. The third-order valence-electron chi connectivity index (χ3n) is 5.74. The molecule has 180 valence electrons. The number of amides is 1. The molecule has 0 aliphatic carbocycles. The van der Waals surface area contributed by atoms with Crippen LogP contribution < -0.4 is 9.03 Å². The summed E-state index contributed by atoms with van der Waals surface area (Å²) >= 11 is 1.39. The molecule has 1 aliphatic rings. The SMILES string of the molecule is CSc1ccc(S(=O)(=O)Nc2cccc(N(C)S(C)(=O)=O)c2)cc1C(=O)N1CCC(C)CC1. The van der Waals surface area contributed by atoms with Gasteiger partial charge in [0.1, 0.15) is 0 Å². The lowest BCUT2D eigenvalue weighted by molar-refractivity contribution is 0.0693. The fourth-order valence-electron chi connectivity index (χ4n) is 3.57. The fourth-order valence-corrected chi connectivity index (χ4v) is 5.72. The molecule has 1 saturated heterocycles. The second kappa shape index (κ2) is 9.94. The molecule has 2 aromatic carbocycles. The van der Waals surface area contributed by atoms with Gasteiger partial charge in [0, 0.05) is 25.0 Å². The average Bonchev–Trinajstić information content (AvgIpc) is 2.77. The van der Waals surface area contributed by atoms with E-state index in [9.17, 15) is 21.6 Å². The van der Waals surface area contributed by atoms with Crippen LogP contribution in [0, 0.1) is 5.92 Å². The highest BCUT2D eigenvalue weighted by Crippen LogP contribution is 2.28. The monoisotopic (exact) mass is 511 g/mol. The van der Waals surface area contributed by atoms with Crippen LogP contribution in [0.4, 0.5) is 11.4 Å². The number of likely N-dealkylation sites (tertiary alicyclic amines) is 1. The van der Waals surface area contributed by atoms with E-state index in [2.05, 4.69) is 11.6 Å². The van der Waals surface area contributed by atoms with Crippen molar-refractivity contribution in [1.29, 1.82) is 0 Å². The summed E-state index contributed by atoms with van der Waals surface area (Å²) in [4.78, 5) is 15.6. The largest absolute Gasteiger partial charge is 0.339 e. The van der Waals surface area contributed by atoms with E-state index >= 15 is 0 Å². The standard InChI is InChI=1S/C22H29N3O5S3/c1-16-10-12-25(13-11-16)22(26)20-15-19(8-9-21(20)31-3)33(29,30)23-17-6-5-7-18(14-17)24(2)32(4,27)28/h5-9,14-16,23H,10-13H2,1-4H3. The number of sulfonamides is 2. The minimum Gasteiger partial charge on any atom is -0.339 e. The minimum atomic E-state index is -4.01. The molecule has 0 spiro atoms. The Hall–Kier alpha value is -2.24. The number of carbonyl (C=O) groups is 1. The summed E-state index contributed by atoms with van der Waals surface area (Å²) in [5.74, 6) is 0.405. The molecular formula is C22H29N3O5S3. The lowest BCUT2D eigenvalue weighted by atomic mass is 9.98. The molecule has 0 unspecified atom stereocenters. The number of anilines is 2. The van der Waals surface area contributed by atoms with Crippen LogP contribution in [0.15, 0.2) is 52.3 Å². The summed E-state index contributed by atoms with van der Waals surface area (Å²) in [6.45, 7) is 3.48. The molecule has 1 fully saturated rings. The van der Waals surface area contributed by atoms with Gasteiger partial charge in [0.05, 0.1) is 28.1 Å². The van der Waals surface area contributed by atoms with Crippen molar-refractivity contribution in [1.82, 2.24) is 4.90 Å². The van der Waals surface area contributed by atoms with Crippen LogP contribution in [0.2, 0.25) is 0 Å². The molecule has 0 atom stereocenters. The number of hydrogen-bond donors (Lipinski definition) is 1. The van der Waals surface area contributed by atoms with E-state index in [-0.39, 0.29) is 16.5 Å². The Morgan fingerprint density at radius 2 is 1.76 bits per heavy atom. The molecule has 0 saturated carbocycles. The van der Waals surface area contributed by atoms with Gasteiger partial charge < -0.3 is 4.90 Å². The van der Waals surface area contributed by atoms with Crippen molar-refractivity contribution in [2.24, 2.45) is 5.92 Å². The Balaban J connectivity index is 1.90. The zero-order chi connectivity index (χ0) is 24.4. The van der Waals surface area contributed by atoms with E-state index in [1.165, 1.54) is 43.1 Å². The van der Waals surface area contributed by atoms with E-state index < -0.39 is 20.0 Å². The molecule has 1 amide bonds. The fraction of sp³-hybridized carbons (Fsp3) is 0.409. The van der Waals surface area contributed by atoms with Gasteiger partial charge in [-0.3, -0.25) is 13.8 Å². The second-order valence-electron chi connectivity index (χ2n) is 8.22. The molecule has 33 heavy (non-hydrogen) atoms. The van der Waals surface area contributed by atoms with Gasteiger partial charge in [-0.15, -0.1) is 11.8 Å². The Morgan fingerprint density at radius 3 is 2.36 bits per heavy atom. The van der Waals surface area contributed by atoms with Gasteiger partial charge in [-0.05, 0) is 61.4 Å². The number of piperidine rings is 1. The Bertz CT molecular complexity index is 1240. The molecule has 0 aromatic heterocycles. The maximum atomic E-state index is 13.2. The Kier molecular flexibility index (Phi) is 7.65. The van der Waals surface area contributed by atoms with E-state index in [1.54, 1.807) is 23.1 Å². The minimum absolute atomic E-state index is 0.0316. The van der Waals surface area contributed by atoms with Gasteiger partial charge in [0.25, 0.3) is 15.9 Å². The zero-order valence-electron chi connectivity index (χ0n) is 19.1. The topological polar surface area (TPSA) is 104 Å². The number of benzene rings is 2. The molecule has 8 nitrogen and oxygen atoms in total. The first-order valence-electron chi connectivity index (χ1n) is 10.5. The van der Waals surface area contributed by atoms with Crippen LogP contribution in [0.1, 0.15) is 30.1 Å². The van der Waals surface area contributed by atoms with E-state index in [4.69, 9.17) is 0 Å². The van der Waals surface area contributed by atoms with Crippen molar-refractivity contribution in [3.63, 3.8) is 0 Å². The molecule has 0 bridgehead atoms. The average molecular weight is 512 g/mol. The maximum absolute atomic E-state index is 13.2. The molecule has 3 rings (SSSR count). The first kappa shape index (κ1) is 25.4. The second-order valence-corrected chi connectivity index (χ2v) is 12.8. The normalized spacial score (nSPS) is 15.3. The van der Waals surface area contributed by atoms with Crippen LogP contribution >= 0.6 is 11.8 Å². The highest BCUT2D eigenvalue weighted by Gasteiger charge is 2.25. The summed E-state index contributed by atoms with van der Waals surface area (Å²) < 4.78 is 53.4. The number of carbonyl (C=O) groups excluding carboxylic acids is 1. The zero-order valence-corrected chi connectivity index (χ0v) is 21.6. The molecule has 0 radical (unpaired) electrons.